The zero-order chi connectivity index (χ0) is 19.3. The molecule has 140 valence electrons. The van der Waals surface area contributed by atoms with Crippen molar-refractivity contribution in [3.63, 3.8) is 0 Å². The van der Waals surface area contributed by atoms with E-state index in [1.54, 1.807) is 12.5 Å². The Kier molecular flexibility index (Phi) is 3.72. The summed E-state index contributed by atoms with van der Waals surface area (Å²) in [7, 11) is 0. The van der Waals surface area contributed by atoms with E-state index in [9.17, 15) is 4.79 Å². The van der Waals surface area contributed by atoms with Crippen LogP contribution in [0.1, 0.15) is 47.4 Å². The van der Waals surface area contributed by atoms with Crippen LogP contribution in [0.5, 0.6) is 0 Å². The van der Waals surface area contributed by atoms with Gasteiger partial charge in [-0.05, 0) is 29.0 Å². The maximum Gasteiger partial charge on any atom is 0.178 e. The molecule has 0 bridgehead atoms. The Bertz CT molecular complexity index is 1180. The van der Waals surface area contributed by atoms with Crippen LogP contribution in [0.3, 0.4) is 0 Å². The van der Waals surface area contributed by atoms with Gasteiger partial charge < -0.3 is 9.97 Å². The number of benzene rings is 1. The Morgan fingerprint density at radius 1 is 1.07 bits per heavy atom. The van der Waals surface area contributed by atoms with Gasteiger partial charge in [0.15, 0.2) is 11.4 Å². The van der Waals surface area contributed by atoms with Crippen molar-refractivity contribution >= 4 is 16.9 Å². The summed E-state index contributed by atoms with van der Waals surface area (Å²) in [5.41, 5.74) is 7.74. The van der Waals surface area contributed by atoms with Gasteiger partial charge in [-0.25, -0.2) is 9.97 Å². The summed E-state index contributed by atoms with van der Waals surface area (Å²) in [6, 6.07) is 12.3. The molecular formula is C23H22N4O. The second-order valence-electron chi connectivity index (χ2n) is 8.40. The number of pyridine rings is 1. The highest BCUT2D eigenvalue weighted by Gasteiger charge is 2.35. The average Bonchev–Trinajstić information content (AvgIpc) is 3.26. The van der Waals surface area contributed by atoms with Gasteiger partial charge in [-0.3, -0.25) is 4.79 Å². The van der Waals surface area contributed by atoms with E-state index in [2.05, 4.69) is 45.9 Å². The molecule has 1 aliphatic rings. The molecule has 0 atom stereocenters. The van der Waals surface area contributed by atoms with Crippen molar-refractivity contribution < 1.29 is 4.79 Å². The summed E-state index contributed by atoms with van der Waals surface area (Å²) in [5.74, 6) is 0.231. The van der Waals surface area contributed by atoms with Gasteiger partial charge in [0, 0.05) is 35.9 Å². The molecule has 1 aromatic carbocycles. The lowest BCUT2D eigenvalue weighted by atomic mass is 9.75. The van der Waals surface area contributed by atoms with Crippen molar-refractivity contribution in [3.8, 4) is 11.3 Å². The van der Waals surface area contributed by atoms with Crippen LogP contribution in [0, 0.1) is 5.41 Å². The molecule has 5 nitrogen and oxygen atoms in total. The number of H-pyrrole nitrogens is 2. The van der Waals surface area contributed by atoms with Crippen molar-refractivity contribution in [2.45, 2.75) is 33.1 Å². The lowest BCUT2D eigenvalue weighted by Gasteiger charge is -2.28. The van der Waals surface area contributed by atoms with Crippen molar-refractivity contribution in [2.24, 2.45) is 5.41 Å². The summed E-state index contributed by atoms with van der Waals surface area (Å²) < 4.78 is 0. The fraction of sp³-hybridized carbons (Fsp3) is 0.261. The van der Waals surface area contributed by atoms with Crippen LogP contribution < -0.4 is 0 Å². The van der Waals surface area contributed by atoms with Crippen molar-refractivity contribution in [3.05, 3.63) is 71.3 Å². The van der Waals surface area contributed by atoms with E-state index in [-0.39, 0.29) is 11.2 Å². The first-order chi connectivity index (χ1) is 13.5. The Balaban J connectivity index is 1.75. The van der Waals surface area contributed by atoms with Crippen molar-refractivity contribution in [1.82, 2.24) is 19.9 Å². The summed E-state index contributed by atoms with van der Waals surface area (Å²) in [5, 5.41) is 0. The molecule has 0 amide bonds. The Hall–Kier alpha value is -3.21. The lowest BCUT2D eigenvalue weighted by molar-refractivity contribution is 0.0911. The lowest BCUT2D eigenvalue weighted by Crippen LogP contribution is -2.27. The highest BCUT2D eigenvalue weighted by Crippen LogP contribution is 2.41. The SMILES string of the molecule is CC1(C)CC(=O)c2c([nH]c(-c3ccnc4nc[nH]c34)c2Cc2ccccc2)C1. The van der Waals surface area contributed by atoms with Crippen LogP contribution in [0.15, 0.2) is 48.9 Å². The molecular weight excluding hydrogens is 348 g/mol. The van der Waals surface area contributed by atoms with E-state index in [0.717, 1.165) is 40.0 Å². The topological polar surface area (TPSA) is 74.4 Å². The maximum absolute atomic E-state index is 13.1. The number of nitrogens with one attached hydrogen (secondary N) is 2. The van der Waals surface area contributed by atoms with E-state index in [1.165, 1.54) is 5.56 Å². The predicted octanol–water partition coefficient (Wildman–Crippen LogP) is 4.70. The van der Waals surface area contributed by atoms with Gasteiger partial charge in [-0.2, -0.15) is 0 Å². The number of rotatable bonds is 3. The van der Waals surface area contributed by atoms with Gasteiger partial charge in [0.05, 0.1) is 17.5 Å². The van der Waals surface area contributed by atoms with Crippen LogP contribution >= 0.6 is 0 Å². The standard InChI is InChI=1S/C23H22N4O/c1-23(2)11-17-19(18(28)12-23)16(10-14-6-4-3-5-7-14)20(27-17)15-8-9-24-22-21(15)25-13-26-22/h3-9,13,27H,10-12H2,1-2H3,(H,24,25,26). The second-order valence-corrected chi connectivity index (χ2v) is 8.40. The third-order valence-corrected chi connectivity index (χ3v) is 5.57. The van der Waals surface area contributed by atoms with Crippen LogP contribution in [0.25, 0.3) is 22.4 Å². The van der Waals surface area contributed by atoms with Gasteiger partial charge in [0.2, 0.25) is 0 Å². The number of imidazole rings is 1. The Morgan fingerprint density at radius 2 is 1.89 bits per heavy atom. The molecule has 2 N–H and O–H groups in total. The monoisotopic (exact) mass is 370 g/mol. The molecule has 0 unspecified atom stereocenters. The van der Waals surface area contributed by atoms with E-state index < -0.39 is 0 Å². The molecule has 3 heterocycles. The zero-order valence-corrected chi connectivity index (χ0v) is 16.0. The van der Waals surface area contributed by atoms with Crippen molar-refractivity contribution in [1.29, 1.82) is 0 Å². The number of aromatic amines is 2. The third kappa shape index (κ3) is 2.74. The summed E-state index contributed by atoms with van der Waals surface area (Å²) in [6.45, 7) is 4.31. The summed E-state index contributed by atoms with van der Waals surface area (Å²) in [4.78, 5) is 28.6. The predicted molar refractivity (Wildman–Crippen MR) is 109 cm³/mol. The second kappa shape index (κ2) is 6.16. The van der Waals surface area contributed by atoms with E-state index in [0.29, 0.717) is 18.5 Å². The summed E-state index contributed by atoms with van der Waals surface area (Å²) in [6.07, 6.45) is 5.60. The van der Waals surface area contributed by atoms with E-state index >= 15 is 0 Å². The molecule has 0 aliphatic heterocycles. The fourth-order valence-corrected chi connectivity index (χ4v) is 4.39. The molecule has 28 heavy (non-hydrogen) atoms. The number of carbonyl (C=O) groups excluding carboxylic acids is 1. The average molecular weight is 370 g/mol. The number of fused-ring (bicyclic) bond motifs is 2. The Morgan fingerprint density at radius 3 is 2.71 bits per heavy atom. The summed E-state index contributed by atoms with van der Waals surface area (Å²) >= 11 is 0. The molecule has 3 aromatic heterocycles. The van der Waals surface area contributed by atoms with E-state index in [1.807, 2.05) is 24.3 Å². The molecule has 0 saturated heterocycles. The van der Waals surface area contributed by atoms with Gasteiger partial charge >= 0.3 is 0 Å². The molecule has 0 saturated carbocycles. The minimum Gasteiger partial charge on any atom is -0.357 e. The van der Waals surface area contributed by atoms with Crippen molar-refractivity contribution in [2.75, 3.05) is 0 Å². The van der Waals surface area contributed by atoms with E-state index in [4.69, 9.17) is 0 Å². The number of aromatic nitrogens is 4. The van der Waals surface area contributed by atoms with Crippen LogP contribution in [0.2, 0.25) is 0 Å². The van der Waals surface area contributed by atoms with Gasteiger partial charge in [0.25, 0.3) is 0 Å². The van der Waals surface area contributed by atoms with Crippen LogP contribution in [0.4, 0.5) is 0 Å². The number of carbonyl (C=O) groups is 1. The largest absolute Gasteiger partial charge is 0.357 e. The van der Waals surface area contributed by atoms with Gasteiger partial charge in [-0.15, -0.1) is 0 Å². The first kappa shape index (κ1) is 16.9. The number of Topliss-reactive ketones (excluding diaryl/α,β-unsaturated/α-hetero) is 1. The maximum atomic E-state index is 13.1. The van der Waals surface area contributed by atoms with Crippen LogP contribution in [-0.2, 0) is 12.8 Å². The number of nitrogens with zero attached hydrogens (tertiary/aromatic N) is 2. The fourth-order valence-electron chi connectivity index (χ4n) is 4.39. The Labute approximate surface area is 163 Å². The molecule has 0 spiro atoms. The molecule has 5 rings (SSSR count). The number of hydrogen-bond donors (Lipinski definition) is 2. The smallest absolute Gasteiger partial charge is 0.178 e. The normalized spacial score (nSPS) is 15.7. The first-order valence-corrected chi connectivity index (χ1v) is 9.61. The third-order valence-electron chi connectivity index (χ3n) is 5.57. The zero-order valence-electron chi connectivity index (χ0n) is 16.0. The minimum atomic E-state index is -0.0300. The van der Waals surface area contributed by atoms with Gasteiger partial charge in [-0.1, -0.05) is 44.2 Å². The molecule has 1 aliphatic carbocycles. The number of hydrogen-bond acceptors (Lipinski definition) is 3. The molecule has 4 aromatic rings. The highest BCUT2D eigenvalue weighted by atomic mass is 16.1. The van der Waals surface area contributed by atoms with Gasteiger partial charge in [0.1, 0.15) is 0 Å². The quantitative estimate of drug-likeness (QED) is 0.549. The number of ketones is 1. The first-order valence-electron chi connectivity index (χ1n) is 9.61. The van der Waals surface area contributed by atoms with Crippen LogP contribution in [-0.4, -0.2) is 25.7 Å². The molecule has 0 radical (unpaired) electrons. The molecule has 5 heteroatoms. The minimum absolute atomic E-state index is 0.0300. The highest BCUT2D eigenvalue weighted by molar-refractivity contribution is 6.03. The molecule has 0 fully saturated rings.